The minimum absolute atomic E-state index is 0.175. The Hall–Kier alpha value is -2.44. The highest BCUT2D eigenvalue weighted by atomic mass is 16.2. The third-order valence-corrected chi connectivity index (χ3v) is 3.11. The largest absolute Gasteiger partial charge is 0.362 e. The Kier molecular flexibility index (Phi) is 3.09. The van der Waals surface area contributed by atoms with E-state index in [1.807, 2.05) is 18.2 Å². The molecule has 1 amide bonds. The first-order valence-electron chi connectivity index (χ1n) is 6.16. The molecule has 0 aromatic carbocycles. The fourth-order valence-corrected chi connectivity index (χ4v) is 2.11. The monoisotopic (exact) mass is 258 g/mol. The summed E-state index contributed by atoms with van der Waals surface area (Å²) in [5, 5.41) is 7.71. The van der Waals surface area contributed by atoms with Crippen molar-refractivity contribution < 1.29 is 4.79 Å². The van der Waals surface area contributed by atoms with Crippen LogP contribution in [0.3, 0.4) is 0 Å². The van der Waals surface area contributed by atoms with Gasteiger partial charge in [-0.25, -0.2) is 9.78 Å². The van der Waals surface area contributed by atoms with Crippen LogP contribution in [-0.4, -0.2) is 57.1 Å². The van der Waals surface area contributed by atoms with Crippen LogP contribution >= 0.6 is 0 Å². The van der Waals surface area contributed by atoms with E-state index in [-0.39, 0.29) is 6.03 Å². The van der Waals surface area contributed by atoms with Gasteiger partial charge in [0.1, 0.15) is 5.82 Å². The van der Waals surface area contributed by atoms with Crippen molar-refractivity contribution in [1.82, 2.24) is 24.9 Å². The van der Waals surface area contributed by atoms with Crippen LogP contribution in [0.15, 0.2) is 36.8 Å². The van der Waals surface area contributed by atoms with E-state index in [0.717, 1.165) is 23.7 Å². The summed E-state index contributed by atoms with van der Waals surface area (Å²) in [5.74, 6) is 0.951. The van der Waals surface area contributed by atoms with Gasteiger partial charge in [-0.1, -0.05) is 10.9 Å². The van der Waals surface area contributed by atoms with Crippen LogP contribution < -0.4 is 4.90 Å². The zero-order valence-corrected chi connectivity index (χ0v) is 10.4. The van der Waals surface area contributed by atoms with E-state index in [4.69, 9.17) is 0 Å². The van der Waals surface area contributed by atoms with Crippen LogP contribution in [-0.2, 0) is 0 Å². The molecule has 1 aliphatic heterocycles. The van der Waals surface area contributed by atoms with Crippen LogP contribution in [0, 0.1) is 0 Å². The maximum atomic E-state index is 12.0. The lowest BCUT2D eigenvalue weighted by Gasteiger charge is -2.34. The Labute approximate surface area is 110 Å². The predicted octanol–water partition coefficient (Wildman–Crippen LogP) is 0.463. The quantitative estimate of drug-likeness (QED) is 0.743. The van der Waals surface area contributed by atoms with E-state index in [0.29, 0.717) is 13.1 Å². The molecule has 0 unspecified atom stereocenters. The minimum atomic E-state index is -0.175. The Morgan fingerprint density at radius 3 is 2.37 bits per heavy atom. The van der Waals surface area contributed by atoms with Gasteiger partial charge >= 0.3 is 6.03 Å². The molecular formula is C12H14N6O. The lowest BCUT2D eigenvalue weighted by molar-refractivity contribution is 0.188. The third kappa shape index (κ3) is 2.40. The lowest BCUT2D eigenvalue weighted by Crippen LogP contribution is -2.50. The molecule has 1 aliphatic rings. The van der Waals surface area contributed by atoms with E-state index in [2.05, 4.69) is 20.1 Å². The number of anilines is 1. The van der Waals surface area contributed by atoms with Gasteiger partial charge in [0.15, 0.2) is 0 Å². The van der Waals surface area contributed by atoms with Gasteiger partial charge in [-0.2, -0.15) is 10.2 Å². The van der Waals surface area contributed by atoms with Gasteiger partial charge in [0.05, 0.1) is 12.4 Å². The van der Waals surface area contributed by atoms with Gasteiger partial charge in [-0.3, -0.25) is 0 Å². The van der Waals surface area contributed by atoms with Crippen molar-refractivity contribution >= 4 is 11.8 Å². The second-order valence-corrected chi connectivity index (χ2v) is 4.26. The molecule has 1 fully saturated rings. The smallest absolute Gasteiger partial charge is 0.353 e. The number of rotatable bonds is 1. The molecule has 3 rings (SSSR count). The maximum absolute atomic E-state index is 12.0. The molecule has 0 aliphatic carbocycles. The summed E-state index contributed by atoms with van der Waals surface area (Å²) in [6.45, 7) is 2.84. The highest BCUT2D eigenvalue weighted by Gasteiger charge is 2.23. The topological polar surface area (TPSA) is 67.2 Å². The summed E-state index contributed by atoms with van der Waals surface area (Å²) >= 11 is 0. The van der Waals surface area contributed by atoms with Crippen LogP contribution in [0.2, 0.25) is 0 Å². The number of carbonyl (C=O) groups is 1. The standard InChI is InChI=1S/C12H14N6O/c19-12(18-14-5-6-15-18)17-9-7-16(8-10-17)11-3-1-2-4-13-11/h1-6H,7-10H2. The molecule has 0 atom stereocenters. The van der Waals surface area contributed by atoms with Crippen molar-refractivity contribution in [2.75, 3.05) is 31.1 Å². The summed E-state index contributed by atoms with van der Waals surface area (Å²) in [6.07, 6.45) is 4.78. The van der Waals surface area contributed by atoms with Crippen molar-refractivity contribution in [3.05, 3.63) is 36.8 Å². The van der Waals surface area contributed by atoms with Crippen LogP contribution in [0.1, 0.15) is 0 Å². The predicted molar refractivity (Wildman–Crippen MR) is 68.8 cm³/mol. The van der Waals surface area contributed by atoms with Crippen LogP contribution in [0.5, 0.6) is 0 Å². The van der Waals surface area contributed by atoms with E-state index in [9.17, 15) is 4.79 Å². The lowest BCUT2D eigenvalue weighted by atomic mass is 10.3. The van der Waals surface area contributed by atoms with E-state index < -0.39 is 0 Å². The number of piperazine rings is 1. The molecule has 0 spiro atoms. The van der Waals surface area contributed by atoms with Crippen molar-refractivity contribution in [1.29, 1.82) is 0 Å². The van der Waals surface area contributed by atoms with Gasteiger partial charge < -0.3 is 9.80 Å². The first-order valence-corrected chi connectivity index (χ1v) is 6.16. The number of hydrogen-bond acceptors (Lipinski definition) is 5. The van der Waals surface area contributed by atoms with Crippen LogP contribution in [0.25, 0.3) is 0 Å². The first kappa shape index (κ1) is 11.6. The maximum Gasteiger partial charge on any atom is 0.362 e. The minimum Gasteiger partial charge on any atom is -0.353 e. The van der Waals surface area contributed by atoms with Gasteiger partial charge in [0.2, 0.25) is 0 Å². The third-order valence-electron chi connectivity index (χ3n) is 3.11. The highest BCUT2D eigenvalue weighted by Crippen LogP contribution is 2.12. The summed E-state index contributed by atoms with van der Waals surface area (Å²) < 4.78 is 0. The van der Waals surface area contributed by atoms with E-state index in [1.165, 1.54) is 12.4 Å². The molecule has 1 saturated heterocycles. The number of pyridine rings is 1. The summed E-state index contributed by atoms with van der Waals surface area (Å²) in [6, 6.07) is 5.66. The summed E-state index contributed by atoms with van der Waals surface area (Å²) in [7, 11) is 0. The van der Waals surface area contributed by atoms with Gasteiger partial charge in [0, 0.05) is 32.4 Å². The average Bonchev–Trinajstić information content (AvgIpc) is 3.02. The number of nitrogens with zero attached hydrogens (tertiary/aromatic N) is 6. The van der Waals surface area contributed by atoms with Crippen molar-refractivity contribution in [3.63, 3.8) is 0 Å². The Morgan fingerprint density at radius 1 is 1.00 bits per heavy atom. The molecule has 2 aromatic rings. The first-order chi connectivity index (χ1) is 9.34. The Balaban J connectivity index is 1.62. The molecule has 0 radical (unpaired) electrons. The SMILES string of the molecule is O=C(N1CCN(c2ccccn2)CC1)n1nccn1. The van der Waals surface area contributed by atoms with Crippen LogP contribution in [0.4, 0.5) is 10.6 Å². The van der Waals surface area contributed by atoms with Crippen molar-refractivity contribution in [3.8, 4) is 0 Å². The normalized spacial score (nSPS) is 15.6. The molecule has 7 heteroatoms. The molecule has 7 nitrogen and oxygen atoms in total. The van der Waals surface area contributed by atoms with E-state index in [1.54, 1.807) is 11.1 Å². The molecule has 2 aromatic heterocycles. The highest BCUT2D eigenvalue weighted by molar-refractivity contribution is 5.75. The summed E-state index contributed by atoms with van der Waals surface area (Å²) in [4.78, 5) is 21.4. The fraction of sp³-hybridized carbons (Fsp3) is 0.333. The molecular weight excluding hydrogens is 244 g/mol. The zero-order chi connectivity index (χ0) is 13.1. The van der Waals surface area contributed by atoms with Crippen molar-refractivity contribution in [2.24, 2.45) is 0 Å². The molecule has 98 valence electrons. The number of carbonyl (C=O) groups excluding carboxylic acids is 1. The molecule has 0 saturated carbocycles. The number of hydrogen-bond donors (Lipinski definition) is 0. The Bertz CT molecular complexity index is 533. The average molecular weight is 258 g/mol. The zero-order valence-electron chi connectivity index (χ0n) is 10.4. The number of amides is 1. The van der Waals surface area contributed by atoms with Gasteiger partial charge in [0.25, 0.3) is 0 Å². The molecule has 0 N–H and O–H groups in total. The second-order valence-electron chi connectivity index (χ2n) is 4.26. The van der Waals surface area contributed by atoms with Gasteiger partial charge in [-0.05, 0) is 12.1 Å². The number of aromatic nitrogens is 4. The van der Waals surface area contributed by atoms with Crippen molar-refractivity contribution in [2.45, 2.75) is 0 Å². The second kappa shape index (κ2) is 5.05. The molecule has 19 heavy (non-hydrogen) atoms. The molecule has 0 bridgehead atoms. The molecule has 3 heterocycles. The fourth-order valence-electron chi connectivity index (χ4n) is 2.11. The Morgan fingerprint density at radius 2 is 1.74 bits per heavy atom. The van der Waals surface area contributed by atoms with E-state index >= 15 is 0 Å². The van der Waals surface area contributed by atoms with Gasteiger partial charge in [-0.15, -0.1) is 0 Å². The summed E-state index contributed by atoms with van der Waals surface area (Å²) in [5.41, 5.74) is 0.